The fraction of sp³-hybridized carbons (Fsp3) is 0.500. The molecule has 0 aliphatic carbocycles. The summed E-state index contributed by atoms with van der Waals surface area (Å²) in [5, 5.41) is 12.8. The number of nitrogens with two attached hydrogens (primary N) is 1. The summed E-state index contributed by atoms with van der Waals surface area (Å²) in [7, 11) is 2.15. The van der Waals surface area contributed by atoms with Crippen LogP contribution >= 0.6 is 11.3 Å². The van der Waals surface area contributed by atoms with Gasteiger partial charge in [-0.2, -0.15) is 0 Å². The molecule has 1 aliphatic rings. The van der Waals surface area contributed by atoms with Gasteiger partial charge >= 0.3 is 0 Å². The average molecular weight is 596 g/mol. The predicted molar refractivity (Wildman–Crippen MR) is 170 cm³/mol. The highest BCUT2D eigenvalue weighted by Gasteiger charge is 2.17. The summed E-state index contributed by atoms with van der Waals surface area (Å²) in [6.07, 6.45) is 6.31. The fourth-order valence-electron chi connectivity index (χ4n) is 4.70. The lowest BCUT2D eigenvalue weighted by Gasteiger charge is -2.28. The van der Waals surface area contributed by atoms with Crippen molar-refractivity contribution in [2.75, 3.05) is 64.6 Å². The highest BCUT2D eigenvalue weighted by Crippen LogP contribution is 2.34. The number of aryl methyl sites for hydroxylation is 1. The average Bonchev–Trinajstić information content (AvgIpc) is 3.47. The molecule has 228 valence electrons. The third-order valence-electron chi connectivity index (χ3n) is 7.34. The summed E-state index contributed by atoms with van der Waals surface area (Å²) in [5.41, 5.74) is 8.50. The highest BCUT2D eigenvalue weighted by atomic mass is 32.1. The zero-order chi connectivity index (χ0) is 29.6. The van der Waals surface area contributed by atoms with Gasteiger partial charge in [-0.1, -0.05) is 18.5 Å². The minimum atomic E-state index is 0.0868. The van der Waals surface area contributed by atoms with Crippen LogP contribution in [0.4, 0.5) is 5.13 Å². The lowest BCUT2D eigenvalue weighted by Crippen LogP contribution is -2.40. The number of rotatable bonds is 17. The summed E-state index contributed by atoms with van der Waals surface area (Å²) < 4.78 is 17.3. The number of amidine groups is 1. The number of morpholine rings is 1. The summed E-state index contributed by atoms with van der Waals surface area (Å²) in [6, 6.07) is 15.6. The first-order valence-electron chi connectivity index (χ1n) is 15.0. The Hall–Kier alpha value is -3.34. The van der Waals surface area contributed by atoms with E-state index in [0.29, 0.717) is 18.8 Å². The first-order chi connectivity index (χ1) is 20.6. The van der Waals surface area contributed by atoms with Crippen molar-refractivity contribution in [2.45, 2.75) is 45.4 Å². The van der Waals surface area contributed by atoms with Gasteiger partial charge in [0.1, 0.15) is 11.5 Å². The molecule has 1 fully saturated rings. The van der Waals surface area contributed by atoms with Gasteiger partial charge in [0.15, 0.2) is 11.0 Å². The number of benzene rings is 2. The maximum absolute atomic E-state index is 8.75. The van der Waals surface area contributed by atoms with Crippen molar-refractivity contribution in [1.82, 2.24) is 9.88 Å². The van der Waals surface area contributed by atoms with Crippen LogP contribution in [-0.4, -0.2) is 80.6 Å². The zero-order valence-electron chi connectivity index (χ0n) is 25.0. The molecule has 0 saturated carbocycles. The van der Waals surface area contributed by atoms with E-state index in [1.165, 1.54) is 17.7 Å². The predicted octanol–water partition coefficient (Wildman–Crippen LogP) is 5.64. The molecule has 1 saturated heterocycles. The van der Waals surface area contributed by atoms with Crippen molar-refractivity contribution in [3.05, 3.63) is 59.0 Å². The van der Waals surface area contributed by atoms with Gasteiger partial charge in [-0.3, -0.25) is 4.90 Å². The van der Waals surface area contributed by atoms with Crippen molar-refractivity contribution in [2.24, 2.45) is 10.9 Å². The molecular weight excluding hydrogens is 550 g/mol. The Balaban J connectivity index is 1.21. The van der Waals surface area contributed by atoms with Gasteiger partial charge < -0.3 is 30.1 Å². The normalized spacial score (nSPS) is 14.2. The standard InChI is InChI=1S/C32H45N5O4S/c1-3-4-8-29-30(34-32(42-29)36(2)17-18-37-19-23-39-24-20-37)25-9-13-27(14-10-25)40-21-6-5-7-22-41-28-15-11-26(12-16-28)31(33)35-38/h9-16,38H,3-8,17-24H2,1-2H3,(H2,33,35). The Morgan fingerprint density at radius 1 is 1.00 bits per heavy atom. The first kappa shape index (κ1) is 31.6. The largest absolute Gasteiger partial charge is 0.494 e. The van der Waals surface area contributed by atoms with Crippen LogP contribution in [0.15, 0.2) is 53.7 Å². The molecule has 2 heterocycles. The van der Waals surface area contributed by atoms with Gasteiger partial charge in [-0.05, 0) is 80.6 Å². The van der Waals surface area contributed by atoms with Crippen molar-refractivity contribution >= 4 is 22.3 Å². The number of aromatic nitrogens is 1. The Kier molecular flexibility index (Phi) is 12.7. The highest BCUT2D eigenvalue weighted by molar-refractivity contribution is 7.16. The van der Waals surface area contributed by atoms with E-state index in [-0.39, 0.29) is 5.84 Å². The van der Waals surface area contributed by atoms with E-state index in [2.05, 4.69) is 53.2 Å². The Morgan fingerprint density at radius 3 is 2.26 bits per heavy atom. The van der Waals surface area contributed by atoms with Crippen molar-refractivity contribution < 1.29 is 19.4 Å². The quantitative estimate of drug-likeness (QED) is 0.0679. The number of hydrogen-bond acceptors (Lipinski definition) is 9. The molecule has 1 aliphatic heterocycles. The van der Waals surface area contributed by atoms with Crippen molar-refractivity contribution in [3.8, 4) is 22.8 Å². The molecule has 0 spiro atoms. The molecule has 2 aromatic carbocycles. The number of nitrogens with zero attached hydrogens (tertiary/aromatic N) is 4. The fourth-order valence-corrected chi connectivity index (χ4v) is 5.81. The SMILES string of the molecule is CCCCc1sc(N(C)CCN2CCOCC2)nc1-c1ccc(OCCCCCOc2ccc(C(N)=NO)cc2)cc1. The molecule has 0 amide bonds. The van der Waals surface area contributed by atoms with E-state index in [0.717, 1.165) is 93.0 Å². The van der Waals surface area contributed by atoms with E-state index < -0.39 is 0 Å². The zero-order valence-corrected chi connectivity index (χ0v) is 25.8. The van der Waals surface area contributed by atoms with Crippen LogP contribution in [0.5, 0.6) is 11.5 Å². The number of anilines is 1. The maximum Gasteiger partial charge on any atom is 0.185 e. The van der Waals surface area contributed by atoms with E-state index in [1.54, 1.807) is 12.1 Å². The van der Waals surface area contributed by atoms with Gasteiger partial charge in [0, 0.05) is 49.2 Å². The summed E-state index contributed by atoms with van der Waals surface area (Å²) in [6.45, 7) is 9.22. The van der Waals surface area contributed by atoms with Gasteiger partial charge in [-0.15, -0.1) is 11.3 Å². The number of thiazole rings is 1. The smallest absolute Gasteiger partial charge is 0.185 e. The molecule has 0 bridgehead atoms. The number of unbranched alkanes of at least 4 members (excludes halogenated alkanes) is 3. The third-order valence-corrected chi connectivity index (χ3v) is 8.57. The third kappa shape index (κ3) is 9.61. The van der Waals surface area contributed by atoms with Crippen LogP contribution < -0.4 is 20.1 Å². The minimum absolute atomic E-state index is 0.0868. The van der Waals surface area contributed by atoms with Crippen molar-refractivity contribution in [1.29, 1.82) is 0 Å². The van der Waals surface area contributed by atoms with Crippen LogP contribution in [-0.2, 0) is 11.2 Å². The summed E-state index contributed by atoms with van der Waals surface area (Å²) in [4.78, 5) is 11.2. The van der Waals surface area contributed by atoms with Crippen LogP contribution in [0.3, 0.4) is 0 Å². The molecule has 0 unspecified atom stereocenters. The molecule has 9 nitrogen and oxygen atoms in total. The molecule has 3 N–H and O–H groups in total. The van der Waals surface area contributed by atoms with Crippen LogP contribution in [0, 0.1) is 0 Å². The second-order valence-electron chi connectivity index (χ2n) is 10.5. The maximum atomic E-state index is 8.75. The second kappa shape index (κ2) is 16.9. The molecule has 42 heavy (non-hydrogen) atoms. The summed E-state index contributed by atoms with van der Waals surface area (Å²) in [5.74, 6) is 1.74. The molecule has 10 heteroatoms. The van der Waals surface area contributed by atoms with Crippen LogP contribution in [0.25, 0.3) is 11.3 Å². The number of ether oxygens (including phenoxy) is 3. The monoisotopic (exact) mass is 595 g/mol. The van der Waals surface area contributed by atoms with Gasteiger partial charge in [0.05, 0.1) is 32.1 Å². The molecule has 0 atom stereocenters. The number of hydrogen-bond donors (Lipinski definition) is 2. The van der Waals surface area contributed by atoms with Crippen LogP contribution in [0.2, 0.25) is 0 Å². The molecule has 3 aromatic rings. The molecule has 0 radical (unpaired) electrons. The van der Waals surface area contributed by atoms with Crippen molar-refractivity contribution in [3.63, 3.8) is 0 Å². The Bertz CT molecular complexity index is 1230. The molecular formula is C32H45N5O4S. The van der Waals surface area contributed by atoms with E-state index in [4.69, 9.17) is 30.1 Å². The van der Waals surface area contributed by atoms with E-state index in [9.17, 15) is 0 Å². The Labute approximate surface area is 253 Å². The second-order valence-corrected chi connectivity index (χ2v) is 11.6. The Morgan fingerprint density at radius 2 is 1.64 bits per heavy atom. The van der Waals surface area contributed by atoms with Gasteiger partial charge in [0.2, 0.25) is 0 Å². The lowest BCUT2D eigenvalue weighted by atomic mass is 10.1. The van der Waals surface area contributed by atoms with Gasteiger partial charge in [0.25, 0.3) is 0 Å². The topological polar surface area (TPSA) is 106 Å². The molecule has 4 rings (SSSR count). The van der Waals surface area contributed by atoms with Gasteiger partial charge in [-0.25, -0.2) is 4.98 Å². The van der Waals surface area contributed by atoms with Crippen LogP contribution in [0.1, 0.15) is 49.5 Å². The number of likely N-dealkylation sites (N-methyl/N-ethyl adjacent to an activating group) is 1. The molecule has 1 aromatic heterocycles. The first-order valence-corrected chi connectivity index (χ1v) is 15.8. The van der Waals surface area contributed by atoms with E-state index >= 15 is 0 Å². The lowest BCUT2D eigenvalue weighted by molar-refractivity contribution is 0.0393. The minimum Gasteiger partial charge on any atom is -0.494 e. The summed E-state index contributed by atoms with van der Waals surface area (Å²) >= 11 is 1.83. The van der Waals surface area contributed by atoms with E-state index in [1.807, 2.05) is 23.5 Å². The number of oxime groups is 1.